The number of thiazole rings is 1. The highest BCUT2D eigenvalue weighted by Gasteiger charge is 2.23. The molecule has 4 heteroatoms. The Morgan fingerprint density at radius 1 is 1.33 bits per heavy atom. The van der Waals surface area contributed by atoms with Gasteiger partial charge in [-0.15, -0.1) is 11.3 Å². The van der Waals surface area contributed by atoms with Crippen molar-refractivity contribution in [3.05, 3.63) is 50.7 Å². The van der Waals surface area contributed by atoms with Crippen LogP contribution in [0.25, 0.3) is 0 Å². The van der Waals surface area contributed by atoms with Gasteiger partial charge >= 0.3 is 0 Å². The van der Waals surface area contributed by atoms with Crippen LogP contribution in [0.4, 0.5) is 4.39 Å². The van der Waals surface area contributed by atoms with Gasteiger partial charge in [-0.2, -0.15) is 0 Å². The number of rotatable bonds is 4. The highest BCUT2D eigenvalue weighted by molar-refractivity contribution is 7.11. The summed E-state index contributed by atoms with van der Waals surface area (Å²) in [6, 6.07) is 5.02. The molecule has 1 atom stereocenters. The van der Waals surface area contributed by atoms with Crippen molar-refractivity contribution in [1.82, 2.24) is 10.3 Å². The van der Waals surface area contributed by atoms with Crippen molar-refractivity contribution in [2.45, 2.75) is 45.6 Å². The molecular weight excluding hydrogens is 283 g/mol. The predicted octanol–water partition coefficient (Wildman–Crippen LogP) is 4.17. The van der Waals surface area contributed by atoms with Crippen LogP contribution in [-0.4, -0.2) is 11.5 Å². The van der Waals surface area contributed by atoms with E-state index in [1.54, 1.807) is 17.4 Å². The van der Waals surface area contributed by atoms with Crippen LogP contribution in [0.1, 0.15) is 52.5 Å². The third kappa shape index (κ3) is 3.01. The van der Waals surface area contributed by atoms with E-state index < -0.39 is 0 Å². The lowest BCUT2D eigenvalue weighted by Gasteiger charge is -2.18. The highest BCUT2D eigenvalue weighted by Crippen LogP contribution is 2.33. The first kappa shape index (κ1) is 14.7. The lowest BCUT2D eigenvalue weighted by atomic mass is 10.0. The van der Waals surface area contributed by atoms with Crippen molar-refractivity contribution in [3.63, 3.8) is 0 Å². The van der Waals surface area contributed by atoms with E-state index in [1.807, 2.05) is 13.0 Å². The second kappa shape index (κ2) is 6.24. The molecule has 1 unspecified atom stereocenters. The summed E-state index contributed by atoms with van der Waals surface area (Å²) in [5, 5.41) is 4.55. The number of nitrogens with zero attached hydrogens (tertiary/aromatic N) is 1. The normalized spacial score (nSPS) is 15.8. The van der Waals surface area contributed by atoms with E-state index in [4.69, 9.17) is 4.98 Å². The summed E-state index contributed by atoms with van der Waals surface area (Å²) in [4.78, 5) is 6.27. The molecule has 2 nitrogen and oxygen atoms in total. The minimum Gasteiger partial charge on any atom is -0.305 e. The fourth-order valence-electron chi connectivity index (χ4n) is 2.95. The SMILES string of the molecule is CCNC(c1nc2c(s1)CCCC2)c1cc(F)ccc1C. The summed E-state index contributed by atoms with van der Waals surface area (Å²) in [5.74, 6) is -0.181. The lowest BCUT2D eigenvalue weighted by Crippen LogP contribution is -2.23. The zero-order valence-corrected chi connectivity index (χ0v) is 13.4. The number of fused-ring (bicyclic) bond motifs is 1. The van der Waals surface area contributed by atoms with E-state index in [0.717, 1.165) is 35.5 Å². The minimum absolute atomic E-state index is 0.00120. The molecule has 1 aromatic heterocycles. The topological polar surface area (TPSA) is 24.9 Å². The van der Waals surface area contributed by atoms with E-state index in [1.165, 1.54) is 29.5 Å². The molecule has 3 rings (SSSR count). The zero-order valence-electron chi connectivity index (χ0n) is 12.6. The minimum atomic E-state index is -0.181. The van der Waals surface area contributed by atoms with Gasteiger partial charge in [0.25, 0.3) is 0 Å². The maximum atomic E-state index is 13.6. The Hall–Kier alpha value is -1.26. The van der Waals surface area contributed by atoms with Crippen LogP contribution in [0.3, 0.4) is 0 Å². The second-order valence-corrected chi connectivity index (χ2v) is 6.74. The predicted molar refractivity (Wildman–Crippen MR) is 85.4 cm³/mol. The van der Waals surface area contributed by atoms with Crippen molar-refractivity contribution < 1.29 is 4.39 Å². The summed E-state index contributed by atoms with van der Waals surface area (Å²) in [5.41, 5.74) is 3.37. The molecule has 112 valence electrons. The molecule has 2 aromatic rings. The molecule has 0 radical (unpaired) electrons. The van der Waals surface area contributed by atoms with Crippen molar-refractivity contribution >= 4 is 11.3 Å². The largest absolute Gasteiger partial charge is 0.305 e. The Bertz CT molecular complexity index is 612. The number of aromatic nitrogens is 1. The van der Waals surface area contributed by atoms with Crippen molar-refractivity contribution in [2.24, 2.45) is 0 Å². The number of nitrogens with one attached hydrogen (secondary N) is 1. The van der Waals surface area contributed by atoms with Crippen LogP contribution >= 0.6 is 11.3 Å². The van der Waals surface area contributed by atoms with Gasteiger partial charge in [0.05, 0.1) is 11.7 Å². The molecule has 1 heterocycles. The van der Waals surface area contributed by atoms with Gasteiger partial charge in [0.15, 0.2) is 0 Å². The molecule has 0 saturated heterocycles. The standard InChI is InChI=1S/C17H21FN2S/c1-3-19-16(13-10-12(18)9-8-11(13)2)17-20-14-6-4-5-7-15(14)21-17/h8-10,16,19H,3-7H2,1-2H3. The van der Waals surface area contributed by atoms with E-state index in [2.05, 4.69) is 12.2 Å². The maximum absolute atomic E-state index is 13.6. The van der Waals surface area contributed by atoms with Crippen molar-refractivity contribution in [3.8, 4) is 0 Å². The van der Waals surface area contributed by atoms with Crippen LogP contribution in [0.2, 0.25) is 0 Å². The molecule has 1 N–H and O–H groups in total. The third-order valence-electron chi connectivity index (χ3n) is 4.07. The van der Waals surface area contributed by atoms with Crippen LogP contribution in [0.15, 0.2) is 18.2 Å². The first-order valence-electron chi connectivity index (χ1n) is 7.67. The molecule has 0 fully saturated rings. The first-order valence-corrected chi connectivity index (χ1v) is 8.48. The molecular formula is C17H21FN2S. The molecule has 0 spiro atoms. The van der Waals surface area contributed by atoms with Crippen LogP contribution in [-0.2, 0) is 12.8 Å². The molecule has 0 aliphatic heterocycles. The average molecular weight is 304 g/mol. The van der Waals surface area contributed by atoms with E-state index in [-0.39, 0.29) is 11.9 Å². The van der Waals surface area contributed by atoms with Gasteiger partial charge < -0.3 is 5.32 Å². The summed E-state index contributed by atoms with van der Waals surface area (Å²) in [6.07, 6.45) is 4.74. The number of aryl methyl sites for hydroxylation is 3. The van der Waals surface area contributed by atoms with Gasteiger partial charge in [-0.25, -0.2) is 9.37 Å². The summed E-state index contributed by atoms with van der Waals surface area (Å²) >= 11 is 1.80. The highest BCUT2D eigenvalue weighted by atomic mass is 32.1. The van der Waals surface area contributed by atoms with Crippen molar-refractivity contribution in [1.29, 1.82) is 0 Å². The smallest absolute Gasteiger partial charge is 0.123 e. The number of benzene rings is 1. The molecule has 1 aliphatic carbocycles. The zero-order chi connectivity index (χ0) is 14.8. The number of hydrogen-bond donors (Lipinski definition) is 1. The Morgan fingerprint density at radius 2 is 2.14 bits per heavy atom. The average Bonchev–Trinajstić information content (AvgIpc) is 2.91. The van der Waals surface area contributed by atoms with Crippen LogP contribution in [0, 0.1) is 12.7 Å². The lowest BCUT2D eigenvalue weighted by molar-refractivity contribution is 0.596. The van der Waals surface area contributed by atoms with Gasteiger partial charge in [-0.1, -0.05) is 13.0 Å². The fraction of sp³-hybridized carbons (Fsp3) is 0.471. The van der Waals surface area contributed by atoms with E-state index in [0.29, 0.717) is 0 Å². The summed E-state index contributed by atoms with van der Waals surface area (Å²) in [7, 11) is 0. The van der Waals surface area contributed by atoms with Gasteiger partial charge in [-0.05, 0) is 62.4 Å². The van der Waals surface area contributed by atoms with Gasteiger partial charge in [0, 0.05) is 4.88 Å². The van der Waals surface area contributed by atoms with E-state index >= 15 is 0 Å². The van der Waals surface area contributed by atoms with Crippen molar-refractivity contribution in [2.75, 3.05) is 6.54 Å². The van der Waals surface area contributed by atoms with Gasteiger partial charge in [-0.3, -0.25) is 0 Å². The quantitative estimate of drug-likeness (QED) is 0.917. The Labute approximate surface area is 129 Å². The second-order valence-electron chi connectivity index (χ2n) is 5.62. The Morgan fingerprint density at radius 3 is 2.90 bits per heavy atom. The van der Waals surface area contributed by atoms with E-state index in [9.17, 15) is 4.39 Å². The summed E-state index contributed by atoms with van der Waals surface area (Å²) in [6.45, 7) is 4.95. The summed E-state index contributed by atoms with van der Waals surface area (Å²) < 4.78 is 13.6. The number of hydrogen-bond acceptors (Lipinski definition) is 3. The van der Waals surface area contributed by atoms with Crippen LogP contribution in [0.5, 0.6) is 0 Å². The molecule has 21 heavy (non-hydrogen) atoms. The first-order chi connectivity index (χ1) is 10.2. The molecule has 1 aliphatic rings. The Kier molecular flexibility index (Phi) is 4.36. The molecule has 0 bridgehead atoms. The van der Waals surface area contributed by atoms with Gasteiger partial charge in [0.2, 0.25) is 0 Å². The molecule has 1 aromatic carbocycles. The molecule has 0 amide bonds. The number of halogens is 1. The van der Waals surface area contributed by atoms with Crippen LogP contribution < -0.4 is 5.32 Å². The van der Waals surface area contributed by atoms with Gasteiger partial charge in [0.1, 0.15) is 10.8 Å². The third-order valence-corrected chi connectivity index (χ3v) is 5.29. The monoisotopic (exact) mass is 304 g/mol. The maximum Gasteiger partial charge on any atom is 0.123 e. The molecule has 0 saturated carbocycles. The Balaban J connectivity index is 2.01. The fourth-order valence-corrected chi connectivity index (χ4v) is 4.20.